The van der Waals surface area contributed by atoms with Crippen molar-refractivity contribution in [3.63, 3.8) is 0 Å². The lowest BCUT2D eigenvalue weighted by Crippen LogP contribution is -2.11. The minimum atomic E-state index is -0.361. The summed E-state index contributed by atoms with van der Waals surface area (Å²) in [5, 5.41) is 5.88. The van der Waals surface area contributed by atoms with E-state index >= 15 is 0 Å². The van der Waals surface area contributed by atoms with Crippen LogP contribution in [0.15, 0.2) is 48.0 Å². The van der Waals surface area contributed by atoms with Crippen LogP contribution in [0.2, 0.25) is 0 Å². The second-order valence-electron chi connectivity index (χ2n) is 6.35. The topological polar surface area (TPSA) is 98.3 Å². The van der Waals surface area contributed by atoms with Gasteiger partial charge in [-0.1, -0.05) is 6.58 Å². The third-order valence-corrected chi connectivity index (χ3v) is 4.13. The minimum Gasteiger partial charge on any atom is -0.496 e. The van der Waals surface area contributed by atoms with Crippen molar-refractivity contribution in [2.45, 2.75) is 13.3 Å². The molecule has 0 saturated carbocycles. The van der Waals surface area contributed by atoms with Gasteiger partial charge in [-0.15, -0.1) is 0 Å². The second-order valence-corrected chi connectivity index (χ2v) is 6.35. The van der Waals surface area contributed by atoms with Crippen LogP contribution in [0, 0.1) is 0 Å². The van der Waals surface area contributed by atoms with Crippen molar-refractivity contribution in [3.05, 3.63) is 48.5 Å². The normalized spacial score (nSPS) is 10.5. The smallest absolute Gasteiger partial charge is 0.231 e. The van der Waals surface area contributed by atoms with Crippen LogP contribution in [0.1, 0.15) is 18.9 Å². The van der Waals surface area contributed by atoms with Crippen LogP contribution >= 0.6 is 0 Å². The maximum Gasteiger partial charge on any atom is 0.231 e. The molecule has 0 aliphatic heterocycles. The van der Waals surface area contributed by atoms with Crippen LogP contribution in [0.3, 0.4) is 0 Å². The van der Waals surface area contributed by atoms with Gasteiger partial charge < -0.3 is 29.6 Å². The Morgan fingerprint density at radius 1 is 1.10 bits per heavy atom. The summed E-state index contributed by atoms with van der Waals surface area (Å²) in [6.07, 6.45) is 2.07. The van der Waals surface area contributed by atoms with Gasteiger partial charge >= 0.3 is 0 Å². The molecule has 164 valence electrons. The number of amides is 1. The Morgan fingerprint density at radius 2 is 1.77 bits per heavy atom. The van der Waals surface area contributed by atoms with Gasteiger partial charge in [0, 0.05) is 42.5 Å². The molecule has 0 heterocycles. The van der Waals surface area contributed by atoms with E-state index in [0.717, 1.165) is 5.69 Å². The van der Waals surface area contributed by atoms with E-state index in [2.05, 4.69) is 22.2 Å². The summed E-state index contributed by atoms with van der Waals surface area (Å²) >= 11 is 0. The highest BCUT2D eigenvalue weighted by Crippen LogP contribution is 2.39. The predicted molar refractivity (Wildman–Crippen MR) is 123 cm³/mol. The second kappa shape index (κ2) is 12.1. The van der Waals surface area contributed by atoms with Crippen molar-refractivity contribution >= 4 is 41.2 Å². The Kier molecular flexibility index (Phi) is 9.25. The van der Waals surface area contributed by atoms with Crippen LogP contribution < -0.4 is 20.1 Å². The molecule has 0 radical (unpaired) electrons. The molecule has 0 aliphatic rings. The Bertz CT molecular complexity index is 939. The van der Waals surface area contributed by atoms with Crippen molar-refractivity contribution in [2.24, 2.45) is 4.99 Å². The molecule has 8 heteroatoms. The number of methoxy groups -OCH3 is 2. The highest BCUT2D eigenvalue weighted by atomic mass is 16.5. The standard InChI is InChI=1S/C23H27N3O5/c1-5-24-20-14-19(31-13-12-29-3)15-21(30-4)23(20)16(2)25-17-6-8-18(9-7-17)26-22(28)10-11-27/h5-9,11,14-15,25H,2,10,12-13H2,1,3-4H3,(H,26,28). The van der Waals surface area contributed by atoms with Crippen LogP contribution in [-0.4, -0.2) is 45.8 Å². The lowest BCUT2D eigenvalue weighted by atomic mass is 10.1. The zero-order valence-corrected chi connectivity index (χ0v) is 17.9. The van der Waals surface area contributed by atoms with Gasteiger partial charge in [0.15, 0.2) is 0 Å². The summed E-state index contributed by atoms with van der Waals surface area (Å²) in [5.74, 6) is 0.812. The van der Waals surface area contributed by atoms with Gasteiger partial charge in [0.05, 0.1) is 31.4 Å². The molecule has 31 heavy (non-hydrogen) atoms. The maximum absolute atomic E-state index is 11.5. The molecule has 0 spiro atoms. The molecule has 0 aromatic heterocycles. The Hall–Kier alpha value is -3.65. The highest BCUT2D eigenvalue weighted by molar-refractivity contribution is 5.98. The van der Waals surface area contributed by atoms with E-state index in [0.29, 0.717) is 53.6 Å². The van der Waals surface area contributed by atoms with Gasteiger partial charge in [-0.25, -0.2) is 0 Å². The van der Waals surface area contributed by atoms with E-state index in [9.17, 15) is 9.59 Å². The molecule has 2 rings (SSSR count). The van der Waals surface area contributed by atoms with E-state index in [1.165, 1.54) is 0 Å². The fourth-order valence-electron chi connectivity index (χ4n) is 2.77. The molecule has 1 amide bonds. The molecule has 2 aromatic rings. The minimum absolute atomic E-state index is 0.178. The number of nitrogens with one attached hydrogen (secondary N) is 2. The van der Waals surface area contributed by atoms with Gasteiger partial charge in [-0.3, -0.25) is 9.79 Å². The monoisotopic (exact) mass is 425 g/mol. The zero-order chi connectivity index (χ0) is 22.6. The van der Waals surface area contributed by atoms with Crippen molar-refractivity contribution < 1.29 is 23.8 Å². The van der Waals surface area contributed by atoms with E-state index in [1.807, 2.05) is 13.0 Å². The van der Waals surface area contributed by atoms with Crippen LogP contribution in [0.25, 0.3) is 5.70 Å². The van der Waals surface area contributed by atoms with Gasteiger partial charge in [0.1, 0.15) is 24.4 Å². The third-order valence-electron chi connectivity index (χ3n) is 4.13. The molecule has 2 N–H and O–H groups in total. The van der Waals surface area contributed by atoms with Crippen molar-refractivity contribution in [1.82, 2.24) is 0 Å². The first kappa shape index (κ1) is 23.6. The summed E-state index contributed by atoms with van der Waals surface area (Å²) < 4.78 is 16.3. The molecule has 0 saturated heterocycles. The Balaban J connectivity index is 2.23. The predicted octanol–water partition coefficient (Wildman–Crippen LogP) is 4.05. The number of carbonyl (C=O) groups excluding carboxylic acids is 2. The molecule has 2 aromatic carbocycles. The maximum atomic E-state index is 11.5. The molecule has 8 nitrogen and oxygen atoms in total. The molecular formula is C23H27N3O5. The van der Waals surface area contributed by atoms with Gasteiger partial charge in [-0.2, -0.15) is 0 Å². The van der Waals surface area contributed by atoms with Crippen LogP contribution in [-0.2, 0) is 14.3 Å². The summed E-state index contributed by atoms with van der Waals surface area (Å²) in [7, 11) is 3.18. The van der Waals surface area contributed by atoms with E-state index in [1.54, 1.807) is 50.8 Å². The summed E-state index contributed by atoms with van der Waals surface area (Å²) in [6, 6.07) is 10.6. The zero-order valence-electron chi connectivity index (χ0n) is 17.9. The van der Waals surface area contributed by atoms with Crippen molar-refractivity contribution in [1.29, 1.82) is 0 Å². The van der Waals surface area contributed by atoms with E-state index in [4.69, 9.17) is 14.2 Å². The first-order valence-electron chi connectivity index (χ1n) is 9.64. The van der Waals surface area contributed by atoms with Gasteiger partial charge in [0.2, 0.25) is 5.91 Å². The quantitative estimate of drug-likeness (QED) is 0.230. The number of aldehydes is 1. The SMILES string of the molecule is C=C(Nc1ccc(NC(=O)CC=O)cc1)c1c(N=CC)cc(OCCOC)cc1OC. The number of rotatable bonds is 12. The lowest BCUT2D eigenvalue weighted by Gasteiger charge is -2.18. The van der Waals surface area contributed by atoms with Crippen molar-refractivity contribution in [3.8, 4) is 11.5 Å². The van der Waals surface area contributed by atoms with Crippen molar-refractivity contribution in [2.75, 3.05) is 38.1 Å². The van der Waals surface area contributed by atoms with Gasteiger partial charge in [-0.05, 0) is 31.2 Å². The lowest BCUT2D eigenvalue weighted by molar-refractivity contribution is -0.119. The number of aliphatic imine (C=N–C) groups is 1. The fourth-order valence-corrected chi connectivity index (χ4v) is 2.77. The number of benzene rings is 2. The van der Waals surface area contributed by atoms with Crippen LogP contribution in [0.4, 0.5) is 17.1 Å². The number of ether oxygens (including phenoxy) is 3. The van der Waals surface area contributed by atoms with E-state index in [-0.39, 0.29) is 12.3 Å². The molecule has 0 atom stereocenters. The molecule has 0 unspecified atom stereocenters. The summed E-state index contributed by atoms with van der Waals surface area (Å²) in [5.41, 5.74) is 3.27. The summed E-state index contributed by atoms with van der Waals surface area (Å²) in [4.78, 5) is 26.4. The van der Waals surface area contributed by atoms with Gasteiger partial charge in [0.25, 0.3) is 0 Å². The fraction of sp³-hybridized carbons (Fsp3) is 0.261. The molecular weight excluding hydrogens is 398 g/mol. The first-order chi connectivity index (χ1) is 15.0. The number of carbonyl (C=O) groups is 2. The molecule has 0 fully saturated rings. The summed E-state index contributed by atoms with van der Waals surface area (Å²) in [6.45, 7) is 6.83. The average Bonchev–Trinajstić information content (AvgIpc) is 2.75. The number of hydrogen-bond acceptors (Lipinski definition) is 7. The van der Waals surface area contributed by atoms with E-state index < -0.39 is 0 Å². The first-order valence-corrected chi connectivity index (χ1v) is 9.64. The number of nitrogens with zero attached hydrogens (tertiary/aromatic N) is 1. The highest BCUT2D eigenvalue weighted by Gasteiger charge is 2.16. The third kappa shape index (κ3) is 6.97. The van der Waals surface area contributed by atoms with Crippen LogP contribution in [0.5, 0.6) is 11.5 Å². The Labute approximate surface area is 181 Å². The molecule has 0 bridgehead atoms. The average molecular weight is 425 g/mol. The Morgan fingerprint density at radius 3 is 2.35 bits per heavy atom. The number of hydrogen-bond donors (Lipinski definition) is 2. The molecule has 0 aliphatic carbocycles. The largest absolute Gasteiger partial charge is 0.496 e. The number of anilines is 2.